The summed E-state index contributed by atoms with van der Waals surface area (Å²) in [7, 11) is 6.46. The van der Waals surface area contributed by atoms with E-state index in [4.69, 9.17) is 4.99 Å². The molecule has 1 saturated carbocycles. The second-order valence-corrected chi connectivity index (χ2v) is 6.97. The van der Waals surface area contributed by atoms with E-state index >= 15 is 0 Å². The number of nitrogens with zero attached hydrogens (tertiary/aromatic N) is 4. The zero-order valence-corrected chi connectivity index (χ0v) is 16.0. The highest BCUT2D eigenvalue weighted by Crippen LogP contribution is 2.21. The first-order valence-electron chi connectivity index (χ1n) is 9.41. The topological polar surface area (TPSA) is 35.8 Å². The van der Waals surface area contributed by atoms with Crippen LogP contribution in [0.1, 0.15) is 44.7 Å². The number of rotatable bonds is 7. The Morgan fingerprint density at radius 1 is 1.29 bits per heavy atom. The highest BCUT2D eigenvalue weighted by Gasteiger charge is 2.17. The van der Waals surface area contributed by atoms with Crippen LogP contribution >= 0.6 is 0 Å². The summed E-state index contributed by atoms with van der Waals surface area (Å²) in [5.74, 6) is 0.996. The zero-order valence-electron chi connectivity index (χ0n) is 16.0. The Morgan fingerprint density at radius 3 is 2.67 bits per heavy atom. The number of aryl methyl sites for hydroxylation is 1. The van der Waals surface area contributed by atoms with Crippen LogP contribution in [-0.4, -0.2) is 60.1 Å². The molecule has 136 valence electrons. The molecule has 2 rings (SSSR count). The van der Waals surface area contributed by atoms with E-state index in [0.29, 0.717) is 0 Å². The van der Waals surface area contributed by atoms with E-state index in [0.717, 1.165) is 38.2 Å². The van der Waals surface area contributed by atoms with Gasteiger partial charge in [0.1, 0.15) is 0 Å². The number of guanidine groups is 1. The van der Waals surface area contributed by atoms with Gasteiger partial charge in [0.05, 0.1) is 13.1 Å². The van der Waals surface area contributed by atoms with Crippen molar-refractivity contribution in [2.75, 3.05) is 33.7 Å². The molecular weight excluding hydrogens is 298 g/mol. The maximum Gasteiger partial charge on any atom is 0.194 e. The molecule has 0 unspecified atom stereocenters. The van der Waals surface area contributed by atoms with Crippen molar-refractivity contribution in [2.45, 2.75) is 51.6 Å². The fourth-order valence-corrected chi connectivity index (χ4v) is 3.47. The molecule has 5 heteroatoms. The number of aromatic nitrogens is 1. The van der Waals surface area contributed by atoms with Gasteiger partial charge in [-0.3, -0.25) is 4.99 Å². The number of hydrogen-bond donors (Lipinski definition) is 1. The number of aliphatic imine (C=N–C) groups is 1. The van der Waals surface area contributed by atoms with Gasteiger partial charge in [0.25, 0.3) is 0 Å². The molecular formula is C19H35N5. The summed E-state index contributed by atoms with van der Waals surface area (Å²) in [5, 5.41) is 3.42. The van der Waals surface area contributed by atoms with Gasteiger partial charge in [0.15, 0.2) is 5.96 Å². The molecule has 1 aliphatic carbocycles. The maximum atomic E-state index is 4.84. The van der Waals surface area contributed by atoms with Crippen LogP contribution < -0.4 is 5.32 Å². The number of hydrogen-bond acceptors (Lipinski definition) is 2. The predicted octanol–water partition coefficient (Wildman–Crippen LogP) is 2.69. The minimum absolute atomic E-state index is 0.762. The predicted molar refractivity (Wildman–Crippen MR) is 102 cm³/mol. The molecule has 0 radical (unpaired) electrons. The van der Waals surface area contributed by atoms with E-state index < -0.39 is 0 Å². The Bertz CT molecular complexity index is 502. The highest BCUT2D eigenvalue weighted by atomic mass is 15.3. The van der Waals surface area contributed by atoms with Crippen LogP contribution in [0.25, 0.3) is 0 Å². The van der Waals surface area contributed by atoms with E-state index in [1.807, 2.05) is 0 Å². The molecule has 1 fully saturated rings. The summed E-state index contributed by atoms with van der Waals surface area (Å²) in [5.41, 5.74) is 1.29. The van der Waals surface area contributed by atoms with Gasteiger partial charge in [-0.2, -0.15) is 0 Å². The second-order valence-electron chi connectivity index (χ2n) is 6.97. The number of likely N-dealkylation sites (N-methyl/N-ethyl adjacent to an activating group) is 1. The van der Waals surface area contributed by atoms with Crippen LogP contribution in [0.5, 0.6) is 0 Å². The molecule has 0 spiro atoms. The minimum atomic E-state index is 0.762. The quantitative estimate of drug-likeness (QED) is 0.615. The van der Waals surface area contributed by atoms with Crippen molar-refractivity contribution in [3.8, 4) is 0 Å². The van der Waals surface area contributed by atoms with E-state index in [-0.39, 0.29) is 0 Å². The van der Waals surface area contributed by atoms with Crippen molar-refractivity contribution in [2.24, 2.45) is 12.0 Å². The van der Waals surface area contributed by atoms with Gasteiger partial charge in [-0.15, -0.1) is 0 Å². The normalized spacial score (nSPS) is 16.6. The maximum absolute atomic E-state index is 4.84. The Morgan fingerprint density at radius 2 is 2.04 bits per heavy atom. The summed E-state index contributed by atoms with van der Waals surface area (Å²) in [6.45, 7) is 5.78. The summed E-state index contributed by atoms with van der Waals surface area (Å²) in [6.07, 6.45) is 8.99. The van der Waals surface area contributed by atoms with Crippen molar-refractivity contribution in [3.05, 3.63) is 24.0 Å². The van der Waals surface area contributed by atoms with Gasteiger partial charge in [-0.25, -0.2) is 0 Å². The molecule has 0 aliphatic heterocycles. The smallest absolute Gasteiger partial charge is 0.194 e. The van der Waals surface area contributed by atoms with Crippen molar-refractivity contribution < 1.29 is 0 Å². The lowest BCUT2D eigenvalue weighted by molar-refractivity contribution is 0.196. The first-order chi connectivity index (χ1) is 11.6. The summed E-state index contributed by atoms with van der Waals surface area (Å²) in [4.78, 5) is 9.55. The largest absolute Gasteiger partial charge is 0.357 e. The van der Waals surface area contributed by atoms with Gasteiger partial charge in [-0.05, 0) is 38.9 Å². The van der Waals surface area contributed by atoms with Gasteiger partial charge in [0, 0.05) is 45.1 Å². The highest BCUT2D eigenvalue weighted by molar-refractivity contribution is 5.79. The third-order valence-electron chi connectivity index (χ3n) is 5.06. The molecule has 1 N–H and O–H groups in total. The van der Waals surface area contributed by atoms with Crippen molar-refractivity contribution in [3.63, 3.8) is 0 Å². The first kappa shape index (κ1) is 18.8. The van der Waals surface area contributed by atoms with Gasteiger partial charge >= 0.3 is 0 Å². The zero-order chi connectivity index (χ0) is 17.4. The van der Waals surface area contributed by atoms with Crippen LogP contribution in [0.4, 0.5) is 0 Å². The van der Waals surface area contributed by atoms with E-state index in [9.17, 15) is 0 Å². The van der Waals surface area contributed by atoms with E-state index in [2.05, 4.69) is 66.1 Å². The van der Waals surface area contributed by atoms with Crippen LogP contribution in [0.15, 0.2) is 23.3 Å². The Hall–Kier alpha value is -1.49. The molecule has 0 amide bonds. The first-order valence-corrected chi connectivity index (χ1v) is 9.41. The van der Waals surface area contributed by atoms with E-state index in [1.54, 1.807) is 0 Å². The summed E-state index contributed by atoms with van der Waals surface area (Å²) < 4.78 is 2.16. The molecule has 24 heavy (non-hydrogen) atoms. The average molecular weight is 334 g/mol. The molecule has 1 aliphatic rings. The van der Waals surface area contributed by atoms with Gasteiger partial charge < -0.3 is 19.7 Å². The monoisotopic (exact) mass is 333 g/mol. The second kappa shape index (κ2) is 9.72. The molecule has 5 nitrogen and oxygen atoms in total. The standard InChI is InChI=1S/C19H35N5/c1-5-20-19(24(4)16-18-12-9-14-22(18)2)21-13-15-23(3)17-10-7-6-8-11-17/h9,12,14,17H,5-8,10-11,13,15-16H2,1-4H3,(H,20,21). The van der Waals surface area contributed by atoms with Crippen LogP contribution in [0.3, 0.4) is 0 Å². The van der Waals surface area contributed by atoms with Gasteiger partial charge in [0.2, 0.25) is 0 Å². The molecule has 0 aromatic carbocycles. The lowest BCUT2D eigenvalue weighted by atomic mass is 9.94. The summed E-state index contributed by atoms with van der Waals surface area (Å²) >= 11 is 0. The molecule has 0 atom stereocenters. The van der Waals surface area contributed by atoms with Crippen molar-refractivity contribution in [1.82, 2.24) is 19.7 Å². The lowest BCUT2D eigenvalue weighted by Gasteiger charge is -2.31. The van der Waals surface area contributed by atoms with Crippen LogP contribution in [0, 0.1) is 0 Å². The molecule has 1 aromatic rings. The minimum Gasteiger partial charge on any atom is -0.357 e. The van der Waals surface area contributed by atoms with Gasteiger partial charge in [-0.1, -0.05) is 19.3 Å². The Kier molecular flexibility index (Phi) is 7.63. The average Bonchev–Trinajstić information content (AvgIpc) is 2.99. The fraction of sp³-hybridized carbons (Fsp3) is 0.737. The van der Waals surface area contributed by atoms with E-state index in [1.165, 1.54) is 37.8 Å². The van der Waals surface area contributed by atoms with Crippen molar-refractivity contribution in [1.29, 1.82) is 0 Å². The molecule has 0 saturated heterocycles. The third-order valence-corrected chi connectivity index (χ3v) is 5.06. The molecule has 1 heterocycles. The Labute approximate surface area is 147 Å². The SMILES string of the molecule is CCNC(=NCCN(C)C1CCCCC1)N(C)Cc1cccn1C. The van der Waals surface area contributed by atoms with Crippen molar-refractivity contribution >= 4 is 5.96 Å². The lowest BCUT2D eigenvalue weighted by Crippen LogP contribution is -2.40. The van der Waals surface area contributed by atoms with Crippen LogP contribution in [-0.2, 0) is 13.6 Å². The Balaban J connectivity index is 1.86. The molecule has 1 aromatic heterocycles. The fourth-order valence-electron chi connectivity index (χ4n) is 3.47. The summed E-state index contributed by atoms with van der Waals surface area (Å²) in [6, 6.07) is 5.01. The number of nitrogens with one attached hydrogen (secondary N) is 1. The third kappa shape index (κ3) is 5.55. The molecule has 0 bridgehead atoms. The van der Waals surface area contributed by atoms with Crippen LogP contribution in [0.2, 0.25) is 0 Å².